The van der Waals surface area contributed by atoms with Crippen molar-refractivity contribution < 1.29 is 17.6 Å². The Morgan fingerprint density at radius 1 is 0.478 bits per heavy atom. The van der Waals surface area contributed by atoms with E-state index in [9.17, 15) is 17.6 Å². The highest BCUT2D eigenvalue weighted by Crippen LogP contribution is 2.32. The summed E-state index contributed by atoms with van der Waals surface area (Å²) in [5.41, 5.74) is 0. The predicted octanol–water partition coefficient (Wildman–Crippen LogP) is 5.34. The first-order valence-corrected chi connectivity index (χ1v) is 7.98. The molecular weight excluding hydrogens is 324 g/mol. The Kier molecular flexibility index (Phi) is 4.39. The summed E-state index contributed by atoms with van der Waals surface area (Å²) in [6, 6.07) is 16.2. The van der Waals surface area contributed by atoms with E-state index in [1.165, 1.54) is 12.1 Å². The van der Waals surface area contributed by atoms with Crippen LogP contribution in [0.15, 0.2) is 81.4 Å². The third-order valence-electron chi connectivity index (χ3n) is 3.23. The van der Waals surface area contributed by atoms with E-state index in [-0.39, 0.29) is 0 Å². The fourth-order valence-electron chi connectivity index (χ4n) is 2.17. The molecule has 3 aromatic rings. The Hall–Kier alpha value is -2.27. The fraction of sp³-hybridized carbons (Fsp3) is 0. The summed E-state index contributed by atoms with van der Waals surface area (Å²) in [7, 11) is -0.865. The molecule has 0 aliphatic rings. The maximum absolute atomic E-state index is 13.6. The lowest BCUT2D eigenvalue weighted by Crippen LogP contribution is -2.06. The molecule has 0 atom stereocenters. The first-order valence-electron chi connectivity index (χ1n) is 6.76. The number of hydrogen-bond acceptors (Lipinski definition) is 0. The normalized spacial score (nSPS) is 11.0. The largest absolute Gasteiger partial charge is 0.204 e. The van der Waals surface area contributed by atoms with E-state index < -0.39 is 34.2 Å². The third kappa shape index (κ3) is 3.24. The van der Waals surface area contributed by atoms with E-state index in [1.807, 2.05) is 18.2 Å². The van der Waals surface area contributed by atoms with Gasteiger partial charge >= 0.3 is 0 Å². The van der Waals surface area contributed by atoms with Crippen molar-refractivity contribution in [3.8, 4) is 0 Å². The van der Waals surface area contributed by atoms with Gasteiger partial charge in [0, 0.05) is 12.1 Å². The van der Waals surface area contributed by atoms with Crippen molar-refractivity contribution in [3.05, 3.63) is 90.0 Å². The summed E-state index contributed by atoms with van der Waals surface area (Å²) in [6.07, 6.45) is 0. The van der Waals surface area contributed by atoms with Gasteiger partial charge in [0.05, 0.1) is 10.9 Å². The summed E-state index contributed by atoms with van der Waals surface area (Å²) in [5, 5.41) is 0. The van der Waals surface area contributed by atoms with Gasteiger partial charge in [-0.25, -0.2) is 17.6 Å². The van der Waals surface area contributed by atoms with E-state index in [2.05, 4.69) is 0 Å². The highest BCUT2D eigenvalue weighted by molar-refractivity contribution is 7.97. The summed E-state index contributed by atoms with van der Waals surface area (Å²) in [5.74, 6) is -3.84. The molecule has 0 bridgehead atoms. The molecule has 0 saturated heterocycles. The highest BCUT2D eigenvalue weighted by Gasteiger charge is 2.30. The lowest BCUT2D eigenvalue weighted by Gasteiger charge is -2.08. The van der Waals surface area contributed by atoms with Gasteiger partial charge in [0.15, 0.2) is 38.0 Å². The molecule has 0 fully saturated rings. The third-order valence-corrected chi connectivity index (χ3v) is 5.43. The van der Waals surface area contributed by atoms with Gasteiger partial charge in [-0.05, 0) is 36.4 Å². The van der Waals surface area contributed by atoms with Gasteiger partial charge in [-0.1, -0.05) is 18.2 Å². The lowest BCUT2D eigenvalue weighted by atomic mass is 10.3. The molecule has 0 unspecified atom stereocenters. The Balaban J connectivity index is 2.17. The van der Waals surface area contributed by atoms with Crippen LogP contribution < -0.4 is 0 Å². The molecule has 0 aliphatic carbocycles. The van der Waals surface area contributed by atoms with Crippen molar-refractivity contribution in [3.63, 3.8) is 0 Å². The molecule has 0 saturated carbocycles. The topological polar surface area (TPSA) is 0 Å². The minimum absolute atomic E-state index is 0.487. The van der Waals surface area contributed by atoms with Crippen LogP contribution in [-0.2, 0) is 10.9 Å². The monoisotopic (exact) mass is 335 g/mol. The van der Waals surface area contributed by atoms with Crippen LogP contribution in [0.5, 0.6) is 0 Å². The van der Waals surface area contributed by atoms with E-state index in [1.54, 1.807) is 12.1 Å². The molecule has 116 valence electrons. The molecule has 0 radical (unpaired) electrons. The second-order valence-electron chi connectivity index (χ2n) is 4.77. The predicted molar refractivity (Wildman–Crippen MR) is 81.3 cm³/mol. The Morgan fingerprint density at radius 3 is 1.39 bits per heavy atom. The van der Waals surface area contributed by atoms with Crippen LogP contribution in [0.3, 0.4) is 0 Å². The minimum atomic E-state index is -0.974. The quantitative estimate of drug-likeness (QED) is 0.448. The van der Waals surface area contributed by atoms with Crippen LogP contribution in [-0.4, -0.2) is 0 Å². The lowest BCUT2D eigenvalue weighted by molar-refractivity contribution is 0.505. The fourth-order valence-corrected chi connectivity index (χ4v) is 4.27. The van der Waals surface area contributed by atoms with Crippen LogP contribution in [0, 0.1) is 23.3 Å². The number of hydrogen-bond donors (Lipinski definition) is 0. The average Bonchev–Trinajstić information content (AvgIpc) is 2.55. The van der Waals surface area contributed by atoms with Crippen molar-refractivity contribution in [2.45, 2.75) is 14.7 Å². The first-order chi connectivity index (χ1) is 11.1. The molecule has 3 aromatic carbocycles. The Morgan fingerprint density at radius 2 is 0.957 bits per heavy atom. The molecule has 5 heteroatoms. The molecular formula is C18H11F4S+. The maximum Gasteiger partial charge on any atom is 0.169 e. The molecule has 3 rings (SSSR count). The number of rotatable bonds is 3. The van der Waals surface area contributed by atoms with Crippen molar-refractivity contribution in [2.75, 3.05) is 0 Å². The van der Waals surface area contributed by atoms with Gasteiger partial charge in [0.1, 0.15) is 0 Å². The van der Waals surface area contributed by atoms with Crippen LogP contribution in [0.4, 0.5) is 17.6 Å². The van der Waals surface area contributed by atoms with Gasteiger partial charge in [-0.2, -0.15) is 0 Å². The van der Waals surface area contributed by atoms with E-state index in [0.717, 1.165) is 29.2 Å². The Labute approximate surface area is 133 Å². The molecule has 0 aliphatic heterocycles. The molecule has 0 amide bonds. The second kappa shape index (κ2) is 6.46. The van der Waals surface area contributed by atoms with Gasteiger partial charge in [-0.3, -0.25) is 0 Å². The van der Waals surface area contributed by atoms with Gasteiger partial charge in [-0.15, -0.1) is 0 Å². The van der Waals surface area contributed by atoms with Crippen LogP contribution in [0.25, 0.3) is 0 Å². The first kappa shape index (κ1) is 15.6. The van der Waals surface area contributed by atoms with Crippen LogP contribution in [0.1, 0.15) is 0 Å². The second-order valence-corrected chi connectivity index (χ2v) is 6.80. The van der Waals surface area contributed by atoms with Gasteiger partial charge in [0.2, 0.25) is 0 Å². The SMILES string of the molecule is Fc1ccc([S+](c2ccccc2)c2ccc(F)c(F)c2)cc1F. The molecule has 0 N–H and O–H groups in total. The zero-order valence-electron chi connectivity index (χ0n) is 11.8. The Bertz CT molecular complexity index is 782. The summed E-state index contributed by atoms with van der Waals surface area (Å²) in [4.78, 5) is 1.77. The number of halogens is 4. The standard InChI is InChI=1S/C18H11F4S/c19-15-8-6-13(10-17(15)21)23(12-4-2-1-3-5-12)14-7-9-16(20)18(22)11-14/h1-11H/q+1. The zero-order valence-corrected chi connectivity index (χ0v) is 12.6. The van der Waals surface area contributed by atoms with E-state index in [0.29, 0.717) is 9.79 Å². The van der Waals surface area contributed by atoms with Crippen LogP contribution in [0.2, 0.25) is 0 Å². The number of benzene rings is 3. The summed E-state index contributed by atoms with van der Waals surface area (Å²) >= 11 is 0. The van der Waals surface area contributed by atoms with Crippen LogP contribution >= 0.6 is 0 Å². The van der Waals surface area contributed by atoms with Crippen molar-refractivity contribution in [1.82, 2.24) is 0 Å². The molecule has 23 heavy (non-hydrogen) atoms. The van der Waals surface area contributed by atoms with Gasteiger partial charge < -0.3 is 0 Å². The van der Waals surface area contributed by atoms with Crippen molar-refractivity contribution in [1.29, 1.82) is 0 Å². The maximum atomic E-state index is 13.6. The summed E-state index contributed by atoms with van der Waals surface area (Å²) in [6.45, 7) is 0. The zero-order chi connectivity index (χ0) is 16.4. The highest BCUT2D eigenvalue weighted by atomic mass is 32.2. The molecule has 0 spiro atoms. The molecule has 0 heterocycles. The van der Waals surface area contributed by atoms with E-state index >= 15 is 0 Å². The average molecular weight is 335 g/mol. The summed E-state index contributed by atoms with van der Waals surface area (Å²) < 4.78 is 53.6. The molecule has 0 nitrogen and oxygen atoms in total. The minimum Gasteiger partial charge on any atom is -0.204 e. The van der Waals surface area contributed by atoms with Crippen molar-refractivity contribution in [2.24, 2.45) is 0 Å². The molecule has 0 aromatic heterocycles. The van der Waals surface area contributed by atoms with E-state index in [4.69, 9.17) is 0 Å². The smallest absolute Gasteiger partial charge is 0.169 e. The van der Waals surface area contributed by atoms with Gasteiger partial charge in [0.25, 0.3) is 0 Å². The van der Waals surface area contributed by atoms with Crippen molar-refractivity contribution >= 4 is 10.9 Å².